The van der Waals surface area contributed by atoms with Crippen LogP contribution in [0.1, 0.15) is 11.8 Å². The highest BCUT2D eigenvalue weighted by Gasteiger charge is 2.43. The van der Waals surface area contributed by atoms with E-state index in [-0.39, 0.29) is 0 Å². The fraction of sp³-hybridized carbons (Fsp3) is 0.636. The van der Waals surface area contributed by atoms with E-state index >= 15 is 0 Å². The zero-order valence-corrected chi connectivity index (χ0v) is 10.6. The predicted molar refractivity (Wildman–Crippen MR) is 63.7 cm³/mol. The van der Waals surface area contributed by atoms with Gasteiger partial charge in [0.1, 0.15) is 18.3 Å². The maximum atomic E-state index is 12.0. The lowest BCUT2D eigenvalue weighted by Gasteiger charge is -2.18. The molecule has 1 fully saturated rings. The van der Waals surface area contributed by atoms with E-state index in [0.717, 1.165) is 9.13 Å². The van der Waals surface area contributed by atoms with Crippen LogP contribution in [-0.4, -0.2) is 49.4 Å². The Morgan fingerprint density at radius 1 is 1.32 bits per heavy atom. The molecule has 0 saturated carbocycles. The Kier molecular flexibility index (Phi) is 3.59. The van der Waals surface area contributed by atoms with E-state index in [1.807, 2.05) is 0 Å². The third-order valence-corrected chi connectivity index (χ3v) is 3.27. The van der Waals surface area contributed by atoms with Crippen molar-refractivity contribution in [2.75, 3.05) is 6.61 Å². The summed E-state index contributed by atoms with van der Waals surface area (Å²) in [4.78, 5) is 23.5. The molecule has 1 aliphatic heterocycles. The molecule has 106 valence electrons. The minimum absolute atomic E-state index is 0.305. The summed E-state index contributed by atoms with van der Waals surface area (Å²) in [6.45, 7) is 1.05. The van der Waals surface area contributed by atoms with E-state index < -0.39 is 42.4 Å². The highest BCUT2D eigenvalue weighted by Crippen LogP contribution is 2.27. The van der Waals surface area contributed by atoms with Crippen molar-refractivity contribution in [2.24, 2.45) is 7.05 Å². The number of hydrogen-bond donors (Lipinski definition) is 3. The summed E-state index contributed by atoms with van der Waals surface area (Å²) in [5.41, 5.74) is -0.793. The molecule has 1 saturated heterocycles. The van der Waals surface area contributed by atoms with Gasteiger partial charge in [0.05, 0.1) is 6.61 Å². The molecule has 0 unspecified atom stereocenters. The fourth-order valence-corrected chi connectivity index (χ4v) is 2.14. The lowest BCUT2D eigenvalue weighted by Crippen LogP contribution is -2.43. The SMILES string of the molecule is Cc1cn([C@@H]2O[C@H](CO)[C@@H](O)[C@@H]2O)c(=O)n(C)c1=O. The molecule has 3 N–H and O–H groups in total. The maximum Gasteiger partial charge on any atom is 0.332 e. The zero-order valence-electron chi connectivity index (χ0n) is 10.6. The summed E-state index contributed by atoms with van der Waals surface area (Å²) in [6, 6.07) is 0. The highest BCUT2D eigenvalue weighted by atomic mass is 16.6. The second-order valence-electron chi connectivity index (χ2n) is 4.59. The number of hydrogen-bond acceptors (Lipinski definition) is 6. The van der Waals surface area contributed by atoms with Gasteiger partial charge in [-0.15, -0.1) is 0 Å². The van der Waals surface area contributed by atoms with Gasteiger partial charge in [0.2, 0.25) is 0 Å². The van der Waals surface area contributed by atoms with Crippen molar-refractivity contribution in [1.29, 1.82) is 0 Å². The first-order chi connectivity index (χ1) is 8.88. The van der Waals surface area contributed by atoms with Crippen molar-refractivity contribution in [3.05, 3.63) is 32.6 Å². The maximum absolute atomic E-state index is 12.0. The van der Waals surface area contributed by atoms with E-state index in [1.54, 1.807) is 0 Å². The van der Waals surface area contributed by atoms with Crippen molar-refractivity contribution in [1.82, 2.24) is 9.13 Å². The first kappa shape index (κ1) is 13.9. The Hall–Kier alpha value is -1.48. The molecule has 2 rings (SSSR count). The minimum atomic E-state index is -1.35. The van der Waals surface area contributed by atoms with Crippen LogP contribution in [0.15, 0.2) is 15.8 Å². The van der Waals surface area contributed by atoms with Crippen molar-refractivity contribution < 1.29 is 20.1 Å². The third-order valence-electron chi connectivity index (χ3n) is 3.27. The van der Waals surface area contributed by atoms with Crippen LogP contribution >= 0.6 is 0 Å². The van der Waals surface area contributed by atoms with Crippen molar-refractivity contribution in [3.63, 3.8) is 0 Å². The van der Waals surface area contributed by atoms with E-state index in [4.69, 9.17) is 9.84 Å². The van der Waals surface area contributed by atoms with Gasteiger partial charge in [-0.05, 0) is 6.92 Å². The average Bonchev–Trinajstić information content (AvgIpc) is 2.68. The standard InChI is InChI=1S/C11H16N2O6/c1-5-3-13(11(18)12(2)9(5)17)10-8(16)7(15)6(4-14)19-10/h3,6-8,10,14-16H,4H2,1-2H3/t6-,7-,8+,10-/m1/s1. The molecule has 2 heterocycles. The quantitative estimate of drug-likeness (QED) is 0.547. The molecule has 0 amide bonds. The average molecular weight is 272 g/mol. The van der Waals surface area contributed by atoms with E-state index in [1.165, 1.54) is 20.2 Å². The number of ether oxygens (including phenoxy) is 1. The molecule has 0 radical (unpaired) electrons. The summed E-state index contributed by atoms with van der Waals surface area (Å²) in [6.07, 6.45) is -3.48. The van der Waals surface area contributed by atoms with Gasteiger partial charge in [-0.25, -0.2) is 4.79 Å². The number of aliphatic hydroxyl groups excluding tert-OH is 3. The second kappa shape index (κ2) is 4.89. The number of rotatable bonds is 2. The van der Waals surface area contributed by atoms with Crippen molar-refractivity contribution in [3.8, 4) is 0 Å². The van der Waals surface area contributed by atoms with Gasteiger partial charge in [0.25, 0.3) is 5.56 Å². The monoisotopic (exact) mass is 272 g/mol. The number of aliphatic hydroxyl groups is 3. The molecule has 1 aromatic heterocycles. The van der Waals surface area contributed by atoms with Crippen molar-refractivity contribution >= 4 is 0 Å². The fourth-order valence-electron chi connectivity index (χ4n) is 2.14. The largest absolute Gasteiger partial charge is 0.394 e. The Morgan fingerprint density at radius 2 is 1.95 bits per heavy atom. The van der Waals surface area contributed by atoms with Crippen LogP contribution < -0.4 is 11.2 Å². The molecule has 19 heavy (non-hydrogen) atoms. The van der Waals surface area contributed by atoms with Crippen LogP contribution in [0.2, 0.25) is 0 Å². The van der Waals surface area contributed by atoms with Gasteiger partial charge in [-0.2, -0.15) is 0 Å². The number of nitrogens with zero attached hydrogens (tertiary/aromatic N) is 2. The van der Waals surface area contributed by atoms with Gasteiger partial charge in [0, 0.05) is 18.8 Å². The Labute approximate surface area is 108 Å². The summed E-state index contributed by atoms with van der Waals surface area (Å²) in [5.74, 6) is 0. The first-order valence-electron chi connectivity index (χ1n) is 5.79. The number of aryl methyl sites for hydroxylation is 1. The molecule has 0 spiro atoms. The molecular formula is C11H16N2O6. The Balaban J connectivity index is 2.50. The Morgan fingerprint density at radius 3 is 2.47 bits per heavy atom. The van der Waals surface area contributed by atoms with E-state index in [2.05, 4.69) is 0 Å². The van der Waals surface area contributed by atoms with Crippen LogP contribution in [0.25, 0.3) is 0 Å². The highest BCUT2D eigenvalue weighted by molar-refractivity contribution is 5.04. The smallest absolute Gasteiger partial charge is 0.332 e. The molecule has 1 aliphatic rings. The van der Waals surface area contributed by atoms with E-state index in [0.29, 0.717) is 5.56 Å². The van der Waals surface area contributed by atoms with Crippen LogP contribution in [0, 0.1) is 6.92 Å². The van der Waals surface area contributed by atoms with Crippen LogP contribution in [0.4, 0.5) is 0 Å². The van der Waals surface area contributed by atoms with Crippen LogP contribution in [0.5, 0.6) is 0 Å². The van der Waals surface area contributed by atoms with Crippen LogP contribution in [-0.2, 0) is 11.8 Å². The summed E-state index contributed by atoms with van der Waals surface area (Å²) in [5, 5.41) is 28.5. The lowest BCUT2D eigenvalue weighted by atomic mass is 10.1. The molecule has 0 bridgehead atoms. The van der Waals surface area contributed by atoms with Gasteiger partial charge in [0.15, 0.2) is 6.23 Å². The number of aromatic nitrogens is 2. The molecular weight excluding hydrogens is 256 g/mol. The minimum Gasteiger partial charge on any atom is -0.394 e. The van der Waals surface area contributed by atoms with Crippen molar-refractivity contribution in [2.45, 2.75) is 31.5 Å². The third kappa shape index (κ3) is 2.12. The Bertz CT molecular complexity index is 592. The molecule has 0 aliphatic carbocycles. The van der Waals surface area contributed by atoms with E-state index in [9.17, 15) is 19.8 Å². The van der Waals surface area contributed by atoms with Crippen LogP contribution in [0.3, 0.4) is 0 Å². The van der Waals surface area contributed by atoms with Gasteiger partial charge in [-0.3, -0.25) is 13.9 Å². The van der Waals surface area contributed by atoms with Gasteiger partial charge >= 0.3 is 5.69 Å². The summed E-state index contributed by atoms with van der Waals surface area (Å²) in [7, 11) is 1.31. The first-order valence-corrected chi connectivity index (χ1v) is 5.79. The zero-order chi connectivity index (χ0) is 14.3. The molecule has 0 aromatic carbocycles. The molecule has 8 heteroatoms. The lowest BCUT2D eigenvalue weighted by molar-refractivity contribution is -0.0555. The molecule has 8 nitrogen and oxygen atoms in total. The second-order valence-corrected chi connectivity index (χ2v) is 4.59. The normalized spacial score (nSPS) is 30.8. The predicted octanol–water partition coefficient (Wildman–Crippen LogP) is -2.53. The summed E-state index contributed by atoms with van der Waals surface area (Å²) < 4.78 is 7.18. The topological polar surface area (TPSA) is 114 Å². The van der Waals surface area contributed by atoms with Gasteiger partial charge < -0.3 is 20.1 Å². The summed E-state index contributed by atoms with van der Waals surface area (Å²) >= 11 is 0. The molecule has 1 aromatic rings. The molecule has 4 atom stereocenters. The van der Waals surface area contributed by atoms with Gasteiger partial charge in [-0.1, -0.05) is 0 Å².